The van der Waals surface area contributed by atoms with Crippen LogP contribution < -0.4 is 5.32 Å². The van der Waals surface area contributed by atoms with Gasteiger partial charge in [0.15, 0.2) is 0 Å². The van der Waals surface area contributed by atoms with E-state index in [0.717, 1.165) is 0 Å². The lowest BCUT2D eigenvalue weighted by molar-refractivity contribution is -0.124. The second-order valence-electron chi connectivity index (χ2n) is 3.40. The first-order valence-electron chi connectivity index (χ1n) is 4.72. The van der Waals surface area contributed by atoms with Crippen molar-refractivity contribution in [3.8, 4) is 0 Å². The highest BCUT2D eigenvalue weighted by molar-refractivity contribution is 6.64. The Morgan fingerprint density at radius 3 is 2.44 bits per heavy atom. The average Bonchev–Trinajstić information content (AvgIpc) is 2.21. The molecule has 1 atom stereocenters. The summed E-state index contributed by atoms with van der Waals surface area (Å²) in [6, 6.07) is 4.87. The van der Waals surface area contributed by atoms with Gasteiger partial charge in [-0.3, -0.25) is 9.59 Å². The summed E-state index contributed by atoms with van der Waals surface area (Å²) in [5.74, 6) is -0.679. The molecular formula is C11H11ClFNO2. The number of benzene rings is 1. The van der Waals surface area contributed by atoms with E-state index in [9.17, 15) is 14.0 Å². The molecule has 1 amide bonds. The van der Waals surface area contributed by atoms with Crippen molar-refractivity contribution in [2.24, 2.45) is 0 Å². The number of carbonyl (C=O) groups excluding carboxylic acids is 2. The Bertz CT molecular complexity index is 391. The van der Waals surface area contributed by atoms with Crippen LogP contribution in [0.2, 0.25) is 0 Å². The molecule has 0 bridgehead atoms. The van der Waals surface area contributed by atoms with Gasteiger partial charge in [0.1, 0.15) is 11.9 Å². The van der Waals surface area contributed by atoms with E-state index < -0.39 is 11.3 Å². The molecule has 0 saturated heterocycles. The van der Waals surface area contributed by atoms with E-state index in [1.807, 2.05) is 0 Å². The zero-order valence-electron chi connectivity index (χ0n) is 8.67. The topological polar surface area (TPSA) is 46.2 Å². The van der Waals surface area contributed by atoms with Gasteiger partial charge in [-0.05, 0) is 36.2 Å². The van der Waals surface area contributed by atoms with Gasteiger partial charge in [-0.2, -0.15) is 0 Å². The highest BCUT2D eigenvalue weighted by Gasteiger charge is 2.13. The van der Waals surface area contributed by atoms with Gasteiger partial charge in [0.2, 0.25) is 11.1 Å². The van der Waals surface area contributed by atoms with Crippen molar-refractivity contribution in [2.45, 2.75) is 19.4 Å². The fourth-order valence-electron chi connectivity index (χ4n) is 1.14. The summed E-state index contributed by atoms with van der Waals surface area (Å²) in [5, 5.41) is 1.81. The molecule has 1 aromatic rings. The van der Waals surface area contributed by atoms with Crippen LogP contribution in [0, 0.1) is 5.82 Å². The molecule has 1 N–H and O–H groups in total. The van der Waals surface area contributed by atoms with Crippen molar-refractivity contribution in [3.05, 3.63) is 35.6 Å². The zero-order chi connectivity index (χ0) is 12.1. The Morgan fingerprint density at radius 1 is 1.38 bits per heavy atom. The van der Waals surface area contributed by atoms with Crippen LogP contribution in [-0.4, -0.2) is 17.2 Å². The van der Waals surface area contributed by atoms with Gasteiger partial charge in [-0.1, -0.05) is 12.1 Å². The predicted molar refractivity (Wildman–Crippen MR) is 58.6 cm³/mol. The molecule has 5 heteroatoms. The number of carbonyl (C=O) groups is 2. The minimum absolute atomic E-state index is 0.0921. The molecule has 0 aromatic heterocycles. The lowest BCUT2D eigenvalue weighted by atomic mass is 10.1. The minimum Gasteiger partial charge on any atom is -0.345 e. The minimum atomic E-state index is -0.713. The SMILES string of the molecule is CC(NC(=O)Cc1ccc(F)cc1)C(=O)Cl. The molecule has 0 spiro atoms. The van der Waals surface area contributed by atoms with Crippen LogP contribution in [0.3, 0.4) is 0 Å². The van der Waals surface area contributed by atoms with Gasteiger partial charge in [-0.25, -0.2) is 4.39 Å². The van der Waals surface area contributed by atoms with E-state index in [1.165, 1.54) is 31.2 Å². The second-order valence-corrected chi connectivity index (χ2v) is 3.77. The highest BCUT2D eigenvalue weighted by Crippen LogP contribution is 2.03. The summed E-state index contributed by atoms with van der Waals surface area (Å²) >= 11 is 5.19. The average molecular weight is 244 g/mol. The van der Waals surface area contributed by atoms with Gasteiger partial charge >= 0.3 is 0 Å². The fraction of sp³-hybridized carbons (Fsp3) is 0.273. The molecule has 0 fully saturated rings. The Hall–Kier alpha value is -1.42. The summed E-state index contributed by atoms with van der Waals surface area (Å²) in [4.78, 5) is 22.1. The maximum Gasteiger partial charge on any atom is 0.243 e. The number of nitrogens with one attached hydrogen (secondary N) is 1. The van der Waals surface area contributed by atoms with E-state index in [-0.39, 0.29) is 18.1 Å². The van der Waals surface area contributed by atoms with Crippen molar-refractivity contribution >= 4 is 22.8 Å². The monoisotopic (exact) mass is 243 g/mol. The van der Waals surface area contributed by atoms with E-state index in [2.05, 4.69) is 5.32 Å². The smallest absolute Gasteiger partial charge is 0.243 e. The molecule has 1 unspecified atom stereocenters. The molecule has 3 nitrogen and oxygen atoms in total. The summed E-state index contributed by atoms with van der Waals surface area (Å²) in [7, 11) is 0. The van der Waals surface area contributed by atoms with Crippen molar-refractivity contribution in [3.63, 3.8) is 0 Å². The number of hydrogen-bond acceptors (Lipinski definition) is 2. The second kappa shape index (κ2) is 5.61. The maximum absolute atomic E-state index is 12.6. The molecule has 0 heterocycles. The van der Waals surface area contributed by atoms with E-state index in [4.69, 9.17) is 11.6 Å². The van der Waals surface area contributed by atoms with Crippen LogP contribution in [0.25, 0.3) is 0 Å². The van der Waals surface area contributed by atoms with Crippen LogP contribution >= 0.6 is 11.6 Å². The molecule has 0 saturated carbocycles. The largest absolute Gasteiger partial charge is 0.345 e. The third-order valence-electron chi connectivity index (χ3n) is 2.00. The Morgan fingerprint density at radius 2 is 1.94 bits per heavy atom. The highest BCUT2D eigenvalue weighted by atomic mass is 35.5. The van der Waals surface area contributed by atoms with Crippen molar-refractivity contribution in [1.29, 1.82) is 0 Å². The zero-order valence-corrected chi connectivity index (χ0v) is 9.42. The Balaban J connectivity index is 2.52. The van der Waals surface area contributed by atoms with Crippen LogP contribution in [0.15, 0.2) is 24.3 Å². The summed E-state index contributed by atoms with van der Waals surface area (Å²) in [6.45, 7) is 1.50. The van der Waals surface area contributed by atoms with Gasteiger partial charge in [0, 0.05) is 0 Å². The number of halogens is 2. The van der Waals surface area contributed by atoms with Crippen molar-refractivity contribution < 1.29 is 14.0 Å². The molecule has 86 valence electrons. The molecule has 16 heavy (non-hydrogen) atoms. The third kappa shape index (κ3) is 3.98. The quantitative estimate of drug-likeness (QED) is 0.818. The standard InChI is InChI=1S/C11H11ClFNO2/c1-7(11(12)16)14-10(15)6-8-2-4-9(13)5-3-8/h2-5,7H,6H2,1H3,(H,14,15). The van der Waals surface area contributed by atoms with Gasteiger partial charge < -0.3 is 5.32 Å². The number of amides is 1. The Labute approximate surface area is 97.6 Å². The number of rotatable bonds is 4. The summed E-state index contributed by atoms with van der Waals surface area (Å²) < 4.78 is 12.6. The molecule has 1 rings (SSSR count). The van der Waals surface area contributed by atoms with Crippen LogP contribution in [0.5, 0.6) is 0 Å². The van der Waals surface area contributed by atoms with Crippen LogP contribution in [0.4, 0.5) is 4.39 Å². The molecule has 0 aliphatic heterocycles. The van der Waals surface area contributed by atoms with E-state index in [1.54, 1.807) is 0 Å². The van der Waals surface area contributed by atoms with E-state index in [0.29, 0.717) is 5.56 Å². The fourth-order valence-corrected chi connectivity index (χ4v) is 1.19. The normalized spacial score (nSPS) is 11.9. The van der Waals surface area contributed by atoms with Crippen LogP contribution in [-0.2, 0) is 16.0 Å². The molecule has 1 aromatic carbocycles. The Kier molecular flexibility index (Phi) is 4.43. The summed E-state index contributed by atoms with van der Waals surface area (Å²) in [5.41, 5.74) is 0.674. The van der Waals surface area contributed by atoms with Crippen molar-refractivity contribution in [1.82, 2.24) is 5.32 Å². The first kappa shape index (κ1) is 12.6. The summed E-state index contributed by atoms with van der Waals surface area (Å²) in [6.07, 6.45) is 0.0921. The molecular weight excluding hydrogens is 233 g/mol. The molecule has 0 aliphatic carbocycles. The molecule has 0 aliphatic rings. The lowest BCUT2D eigenvalue weighted by Gasteiger charge is -2.09. The van der Waals surface area contributed by atoms with Gasteiger partial charge in [0.05, 0.1) is 6.42 Å². The van der Waals surface area contributed by atoms with Crippen molar-refractivity contribution in [2.75, 3.05) is 0 Å². The van der Waals surface area contributed by atoms with Gasteiger partial charge in [-0.15, -0.1) is 0 Å². The maximum atomic E-state index is 12.6. The molecule has 0 radical (unpaired) electrons. The lowest BCUT2D eigenvalue weighted by Crippen LogP contribution is -2.37. The predicted octanol–water partition coefficient (Wildman–Crippen LogP) is 1.64. The first-order chi connectivity index (χ1) is 7.49. The first-order valence-corrected chi connectivity index (χ1v) is 5.10. The van der Waals surface area contributed by atoms with E-state index >= 15 is 0 Å². The number of hydrogen-bond donors (Lipinski definition) is 1. The van der Waals surface area contributed by atoms with Gasteiger partial charge in [0.25, 0.3) is 0 Å². The third-order valence-corrected chi connectivity index (χ3v) is 2.32. The van der Waals surface area contributed by atoms with Crippen LogP contribution in [0.1, 0.15) is 12.5 Å².